The fraction of sp³-hybridized carbons (Fsp3) is 0.833. The number of hydrogen-bond acceptors (Lipinski definition) is 4. The van der Waals surface area contributed by atoms with Crippen molar-refractivity contribution in [2.75, 3.05) is 18.6 Å². The molecular formula is C6H10NO3S2-. The fourth-order valence-electron chi connectivity index (χ4n) is 1.23. The van der Waals surface area contributed by atoms with Crippen LogP contribution >= 0.6 is 0 Å². The van der Waals surface area contributed by atoms with Gasteiger partial charge in [0.2, 0.25) is 0 Å². The van der Waals surface area contributed by atoms with E-state index in [1.165, 1.54) is 4.90 Å². The van der Waals surface area contributed by atoms with Crippen molar-refractivity contribution in [3.63, 3.8) is 0 Å². The minimum absolute atomic E-state index is 0.0614. The summed E-state index contributed by atoms with van der Waals surface area (Å²) < 4.78 is 22.0. The van der Waals surface area contributed by atoms with Crippen molar-refractivity contribution >= 4 is 27.7 Å². The van der Waals surface area contributed by atoms with Crippen LogP contribution in [0.4, 0.5) is 4.79 Å². The number of carbonyl (C=O) groups is 1. The third-order valence-corrected chi connectivity index (χ3v) is 4.08. The van der Waals surface area contributed by atoms with Crippen molar-refractivity contribution in [2.45, 2.75) is 12.5 Å². The molecule has 6 heteroatoms. The zero-order valence-corrected chi connectivity index (χ0v) is 8.32. The van der Waals surface area contributed by atoms with Gasteiger partial charge in [0.15, 0.2) is 9.84 Å². The molecular weight excluding hydrogens is 198 g/mol. The molecule has 0 aromatic heterocycles. The van der Waals surface area contributed by atoms with E-state index >= 15 is 0 Å². The van der Waals surface area contributed by atoms with Crippen LogP contribution < -0.4 is 0 Å². The molecule has 1 aliphatic rings. The van der Waals surface area contributed by atoms with Crippen molar-refractivity contribution in [1.29, 1.82) is 0 Å². The van der Waals surface area contributed by atoms with Crippen LogP contribution in [0.5, 0.6) is 0 Å². The first-order valence-electron chi connectivity index (χ1n) is 3.56. The lowest BCUT2D eigenvalue weighted by molar-refractivity contribution is 0.220. The Bertz CT molecular complexity index is 285. The minimum atomic E-state index is -2.91. The van der Waals surface area contributed by atoms with Crippen LogP contribution in [0.3, 0.4) is 0 Å². The Morgan fingerprint density at radius 1 is 1.58 bits per heavy atom. The average Bonchev–Trinajstić information content (AvgIpc) is 2.28. The maximum Gasteiger partial charge on any atom is 0.152 e. The van der Waals surface area contributed by atoms with Crippen LogP contribution in [0.15, 0.2) is 0 Å². The number of amides is 1. The Morgan fingerprint density at radius 2 is 2.17 bits per heavy atom. The molecule has 1 aliphatic heterocycles. The van der Waals surface area contributed by atoms with Crippen molar-refractivity contribution in [2.24, 2.45) is 0 Å². The van der Waals surface area contributed by atoms with E-state index in [1.807, 2.05) is 0 Å². The molecule has 0 aliphatic carbocycles. The molecule has 4 nitrogen and oxygen atoms in total. The van der Waals surface area contributed by atoms with E-state index in [4.69, 9.17) is 0 Å². The van der Waals surface area contributed by atoms with Gasteiger partial charge in [-0.05, 0) is 6.42 Å². The lowest BCUT2D eigenvalue weighted by Gasteiger charge is -2.26. The van der Waals surface area contributed by atoms with Gasteiger partial charge in [0, 0.05) is 13.1 Å². The number of hydrogen-bond donors (Lipinski definition) is 0. The van der Waals surface area contributed by atoms with Gasteiger partial charge in [-0.2, -0.15) is 0 Å². The molecule has 1 atom stereocenters. The summed E-state index contributed by atoms with van der Waals surface area (Å²) in [5.74, 6) is 0.233. The second kappa shape index (κ2) is 3.18. The predicted octanol–water partition coefficient (Wildman–Crippen LogP) is -0.228. The van der Waals surface area contributed by atoms with Crippen LogP contribution in [-0.2, 0) is 22.5 Å². The lowest BCUT2D eigenvalue weighted by atomic mass is 10.2. The van der Waals surface area contributed by atoms with Crippen LogP contribution in [0.1, 0.15) is 6.42 Å². The summed E-state index contributed by atoms with van der Waals surface area (Å²) in [6.07, 6.45) is 0.515. The largest absolute Gasteiger partial charge is 0.719 e. The van der Waals surface area contributed by atoms with Crippen molar-refractivity contribution < 1.29 is 13.2 Å². The van der Waals surface area contributed by atoms with E-state index in [0.717, 1.165) is 0 Å². The first-order chi connectivity index (χ1) is 5.42. The fourth-order valence-corrected chi connectivity index (χ4v) is 3.15. The predicted molar refractivity (Wildman–Crippen MR) is 47.6 cm³/mol. The summed E-state index contributed by atoms with van der Waals surface area (Å²) in [7, 11) is -1.37. The van der Waals surface area contributed by atoms with Gasteiger partial charge in [-0.25, -0.2) is 8.42 Å². The third kappa shape index (κ3) is 2.07. The number of sulfone groups is 1. The third-order valence-electron chi connectivity index (χ3n) is 2.04. The molecule has 1 unspecified atom stereocenters. The first-order valence-corrected chi connectivity index (χ1v) is 5.79. The van der Waals surface area contributed by atoms with Crippen LogP contribution in [0, 0.1) is 0 Å². The van der Waals surface area contributed by atoms with Crippen LogP contribution in [0.25, 0.3) is 0 Å². The summed E-state index contributed by atoms with van der Waals surface area (Å²) in [5, 5.41) is -0.489. The van der Waals surface area contributed by atoms with Gasteiger partial charge in [-0.1, -0.05) is 0 Å². The molecule has 0 aromatic rings. The first kappa shape index (κ1) is 9.73. The van der Waals surface area contributed by atoms with Gasteiger partial charge < -0.3 is 22.3 Å². The highest BCUT2D eigenvalue weighted by atomic mass is 32.2. The van der Waals surface area contributed by atoms with E-state index in [9.17, 15) is 13.2 Å². The van der Waals surface area contributed by atoms with Gasteiger partial charge in [0.25, 0.3) is 0 Å². The lowest BCUT2D eigenvalue weighted by Crippen LogP contribution is -2.35. The van der Waals surface area contributed by atoms with Crippen LogP contribution in [0.2, 0.25) is 0 Å². The standard InChI is InChI=1S/C6H11NO3S2/c1-7(6(8)11)5-2-3-12(9,10)4-5/h5H,2-4H2,1H3,(H,8,11)/p-1. The Kier molecular flexibility index (Phi) is 2.58. The summed E-state index contributed by atoms with van der Waals surface area (Å²) >= 11 is 4.41. The van der Waals surface area contributed by atoms with Crippen molar-refractivity contribution in [3.05, 3.63) is 0 Å². The molecule has 0 saturated carbocycles. The molecule has 1 fully saturated rings. The molecule has 0 aromatic carbocycles. The highest BCUT2D eigenvalue weighted by molar-refractivity contribution is 7.91. The molecule has 12 heavy (non-hydrogen) atoms. The molecule has 1 rings (SSSR count). The van der Waals surface area contributed by atoms with Gasteiger partial charge in [-0.3, -0.25) is 0 Å². The summed E-state index contributed by atoms with van der Waals surface area (Å²) in [5.41, 5.74) is 0. The SMILES string of the molecule is CN(C(=O)[S-])C1CCS(=O)(=O)C1. The molecule has 1 heterocycles. The number of rotatable bonds is 1. The zero-order valence-electron chi connectivity index (χ0n) is 6.69. The molecule has 0 N–H and O–H groups in total. The van der Waals surface area contributed by atoms with Crippen molar-refractivity contribution in [1.82, 2.24) is 4.90 Å². The molecule has 0 bridgehead atoms. The Balaban J connectivity index is 2.64. The number of carbonyl (C=O) groups excluding carboxylic acids is 1. The number of nitrogens with zero attached hydrogens (tertiary/aromatic N) is 1. The van der Waals surface area contributed by atoms with Gasteiger partial charge in [-0.15, -0.1) is 0 Å². The van der Waals surface area contributed by atoms with E-state index < -0.39 is 15.1 Å². The van der Waals surface area contributed by atoms with Crippen molar-refractivity contribution in [3.8, 4) is 0 Å². The second-order valence-electron chi connectivity index (χ2n) is 2.93. The Labute approximate surface area is 77.3 Å². The topological polar surface area (TPSA) is 54.5 Å². The van der Waals surface area contributed by atoms with E-state index in [0.29, 0.717) is 6.42 Å². The molecule has 1 saturated heterocycles. The highest BCUT2D eigenvalue weighted by Gasteiger charge is 2.30. The van der Waals surface area contributed by atoms with E-state index in [1.54, 1.807) is 7.05 Å². The Morgan fingerprint density at radius 3 is 2.50 bits per heavy atom. The molecule has 0 radical (unpaired) electrons. The molecule has 70 valence electrons. The maximum atomic E-state index is 11.0. The zero-order chi connectivity index (χ0) is 9.35. The van der Waals surface area contributed by atoms with Gasteiger partial charge in [0.05, 0.1) is 11.5 Å². The highest BCUT2D eigenvalue weighted by Crippen LogP contribution is 2.16. The maximum absolute atomic E-state index is 11.0. The monoisotopic (exact) mass is 208 g/mol. The average molecular weight is 208 g/mol. The quantitative estimate of drug-likeness (QED) is 0.559. The van der Waals surface area contributed by atoms with Gasteiger partial charge in [0.1, 0.15) is 5.24 Å². The van der Waals surface area contributed by atoms with Gasteiger partial charge >= 0.3 is 0 Å². The molecule has 1 amide bonds. The van der Waals surface area contributed by atoms with Crippen LogP contribution in [-0.4, -0.2) is 43.2 Å². The normalized spacial score (nSPS) is 26.9. The van der Waals surface area contributed by atoms with E-state index in [-0.39, 0.29) is 17.5 Å². The minimum Gasteiger partial charge on any atom is -0.719 e. The second-order valence-corrected chi connectivity index (χ2v) is 5.51. The smallest absolute Gasteiger partial charge is 0.152 e. The molecule has 0 spiro atoms. The van der Waals surface area contributed by atoms with E-state index in [2.05, 4.69) is 12.6 Å². The Hall–Kier alpha value is -0.360. The summed E-state index contributed by atoms with van der Waals surface area (Å²) in [6.45, 7) is 0. The summed E-state index contributed by atoms with van der Waals surface area (Å²) in [6, 6.07) is -0.208. The summed E-state index contributed by atoms with van der Waals surface area (Å²) in [4.78, 5) is 12.0.